The predicted molar refractivity (Wildman–Crippen MR) is 84.5 cm³/mol. The van der Waals surface area contributed by atoms with E-state index in [-0.39, 0.29) is 5.69 Å². The Kier molecular flexibility index (Phi) is 2.92. The van der Waals surface area contributed by atoms with Crippen molar-refractivity contribution < 1.29 is 4.79 Å². The second-order valence-corrected chi connectivity index (χ2v) is 5.68. The largest absolute Gasteiger partial charge is 0.364 e. The number of nitrogens with one attached hydrogen (secondary N) is 1. The third-order valence-electron chi connectivity index (χ3n) is 4.26. The van der Waals surface area contributed by atoms with Crippen molar-refractivity contribution >= 4 is 16.8 Å². The summed E-state index contributed by atoms with van der Waals surface area (Å²) in [4.78, 5) is 23.3. The van der Waals surface area contributed by atoms with Gasteiger partial charge in [-0.05, 0) is 55.5 Å². The Hall–Kier alpha value is -2.69. The molecule has 3 N–H and O–H groups in total. The van der Waals surface area contributed by atoms with Gasteiger partial charge in [-0.2, -0.15) is 0 Å². The molecular weight excluding hydrogens is 276 g/mol. The Labute approximate surface area is 127 Å². The molecule has 2 heterocycles. The zero-order valence-electron chi connectivity index (χ0n) is 12.1. The van der Waals surface area contributed by atoms with Crippen LogP contribution in [0.4, 0.5) is 0 Å². The minimum Gasteiger partial charge on any atom is -0.364 e. The van der Waals surface area contributed by atoms with Crippen molar-refractivity contribution in [1.82, 2.24) is 15.0 Å². The van der Waals surface area contributed by atoms with E-state index in [2.05, 4.69) is 27.1 Å². The van der Waals surface area contributed by atoms with Gasteiger partial charge < -0.3 is 10.7 Å². The standard InChI is InChI=1S/C17H16N4O/c18-16(22)15-7-8-19-17(21-15)10-5-6-14-12(9-10)11-3-1-2-4-13(11)20-14/h5-9,20H,1-4H2,(H2,18,22). The van der Waals surface area contributed by atoms with Gasteiger partial charge in [0.15, 0.2) is 5.82 Å². The van der Waals surface area contributed by atoms with Crippen LogP contribution in [0.5, 0.6) is 0 Å². The summed E-state index contributed by atoms with van der Waals surface area (Å²) < 4.78 is 0. The number of benzene rings is 1. The Morgan fingerprint density at radius 3 is 2.91 bits per heavy atom. The summed E-state index contributed by atoms with van der Waals surface area (Å²) in [7, 11) is 0. The molecule has 5 heteroatoms. The number of amides is 1. The zero-order chi connectivity index (χ0) is 15.1. The molecule has 0 bridgehead atoms. The van der Waals surface area contributed by atoms with E-state index in [9.17, 15) is 4.79 Å². The Bertz CT molecular complexity index is 881. The average Bonchev–Trinajstić information content (AvgIpc) is 2.92. The number of carbonyl (C=O) groups excluding carboxylic acids is 1. The molecule has 1 aliphatic rings. The van der Waals surface area contributed by atoms with Crippen molar-refractivity contribution in [3.63, 3.8) is 0 Å². The molecule has 22 heavy (non-hydrogen) atoms. The first-order valence-corrected chi connectivity index (χ1v) is 7.49. The number of nitrogens with zero attached hydrogens (tertiary/aromatic N) is 2. The summed E-state index contributed by atoms with van der Waals surface area (Å²) in [6.45, 7) is 0. The van der Waals surface area contributed by atoms with Crippen LogP contribution in [-0.4, -0.2) is 20.9 Å². The third-order valence-corrected chi connectivity index (χ3v) is 4.26. The van der Waals surface area contributed by atoms with E-state index in [1.54, 1.807) is 6.20 Å². The topological polar surface area (TPSA) is 84.7 Å². The van der Waals surface area contributed by atoms with E-state index in [4.69, 9.17) is 5.73 Å². The highest BCUT2D eigenvalue weighted by Gasteiger charge is 2.16. The van der Waals surface area contributed by atoms with Crippen molar-refractivity contribution in [3.05, 3.63) is 47.4 Å². The summed E-state index contributed by atoms with van der Waals surface area (Å²) in [6.07, 6.45) is 6.28. The first kappa shape index (κ1) is 13.0. The van der Waals surface area contributed by atoms with Crippen LogP contribution in [0, 0.1) is 0 Å². The van der Waals surface area contributed by atoms with Gasteiger partial charge in [-0.25, -0.2) is 9.97 Å². The molecule has 0 saturated heterocycles. The molecule has 1 amide bonds. The average molecular weight is 292 g/mol. The fourth-order valence-electron chi connectivity index (χ4n) is 3.18. The molecule has 0 fully saturated rings. The maximum absolute atomic E-state index is 11.3. The molecule has 4 rings (SSSR count). The summed E-state index contributed by atoms with van der Waals surface area (Å²) in [5, 5.41) is 1.24. The summed E-state index contributed by atoms with van der Waals surface area (Å²) >= 11 is 0. The molecule has 3 aromatic rings. The van der Waals surface area contributed by atoms with Gasteiger partial charge in [0.05, 0.1) is 0 Å². The van der Waals surface area contributed by atoms with E-state index in [1.165, 1.54) is 35.6 Å². The molecule has 1 aromatic carbocycles. The molecule has 110 valence electrons. The number of rotatable bonds is 2. The lowest BCUT2D eigenvalue weighted by Crippen LogP contribution is -2.13. The summed E-state index contributed by atoms with van der Waals surface area (Å²) in [5.41, 5.74) is 10.4. The van der Waals surface area contributed by atoms with Crippen LogP contribution in [0.15, 0.2) is 30.5 Å². The minimum atomic E-state index is -0.538. The lowest BCUT2D eigenvalue weighted by molar-refractivity contribution is 0.0995. The highest BCUT2D eigenvalue weighted by Crippen LogP contribution is 2.31. The Morgan fingerprint density at radius 1 is 1.18 bits per heavy atom. The van der Waals surface area contributed by atoms with Gasteiger partial charge in [-0.1, -0.05) is 0 Å². The van der Waals surface area contributed by atoms with Crippen LogP contribution in [0.1, 0.15) is 34.6 Å². The Morgan fingerprint density at radius 2 is 2.05 bits per heavy atom. The van der Waals surface area contributed by atoms with E-state index in [1.807, 2.05) is 6.07 Å². The normalized spacial score (nSPS) is 14.0. The predicted octanol–water partition coefficient (Wildman–Crippen LogP) is 2.60. The number of primary amides is 1. The minimum absolute atomic E-state index is 0.237. The molecule has 0 saturated carbocycles. The summed E-state index contributed by atoms with van der Waals surface area (Å²) in [6, 6.07) is 7.67. The number of hydrogen-bond acceptors (Lipinski definition) is 3. The lowest BCUT2D eigenvalue weighted by atomic mass is 9.95. The van der Waals surface area contributed by atoms with E-state index in [0.29, 0.717) is 5.82 Å². The molecule has 0 atom stereocenters. The first-order valence-electron chi connectivity index (χ1n) is 7.49. The molecule has 0 unspecified atom stereocenters. The number of aromatic amines is 1. The maximum Gasteiger partial charge on any atom is 0.267 e. The quantitative estimate of drug-likeness (QED) is 0.761. The first-order chi connectivity index (χ1) is 10.7. The van der Waals surface area contributed by atoms with Crippen LogP contribution in [0.25, 0.3) is 22.3 Å². The van der Waals surface area contributed by atoms with Crippen molar-refractivity contribution in [3.8, 4) is 11.4 Å². The van der Waals surface area contributed by atoms with E-state index >= 15 is 0 Å². The fraction of sp³-hybridized carbons (Fsp3) is 0.235. The molecule has 1 aliphatic carbocycles. The fourth-order valence-corrected chi connectivity index (χ4v) is 3.18. The zero-order valence-corrected chi connectivity index (χ0v) is 12.1. The molecule has 5 nitrogen and oxygen atoms in total. The number of aryl methyl sites for hydroxylation is 2. The van der Waals surface area contributed by atoms with Gasteiger partial charge in [0, 0.05) is 28.4 Å². The van der Waals surface area contributed by atoms with Gasteiger partial charge in [0.2, 0.25) is 0 Å². The van der Waals surface area contributed by atoms with Crippen LogP contribution in [0.2, 0.25) is 0 Å². The second-order valence-electron chi connectivity index (χ2n) is 5.68. The Balaban J connectivity index is 1.85. The number of aromatic nitrogens is 3. The molecule has 0 spiro atoms. The van der Waals surface area contributed by atoms with Crippen molar-refractivity contribution in [2.45, 2.75) is 25.7 Å². The maximum atomic E-state index is 11.3. The SMILES string of the molecule is NC(=O)c1ccnc(-c2ccc3[nH]c4c(c3c2)CCCC4)n1. The van der Waals surface area contributed by atoms with Crippen molar-refractivity contribution in [2.75, 3.05) is 0 Å². The highest BCUT2D eigenvalue weighted by atomic mass is 16.1. The number of hydrogen-bond donors (Lipinski definition) is 2. The highest BCUT2D eigenvalue weighted by molar-refractivity contribution is 5.92. The van der Waals surface area contributed by atoms with Gasteiger partial charge in [-0.3, -0.25) is 4.79 Å². The number of nitrogens with two attached hydrogens (primary N) is 1. The number of carbonyl (C=O) groups is 1. The monoisotopic (exact) mass is 292 g/mol. The lowest BCUT2D eigenvalue weighted by Gasteiger charge is -2.10. The van der Waals surface area contributed by atoms with Crippen molar-refractivity contribution in [2.24, 2.45) is 5.73 Å². The second kappa shape index (κ2) is 4.94. The number of fused-ring (bicyclic) bond motifs is 3. The molecule has 2 aromatic heterocycles. The van der Waals surface area contributed by atoms with E-state index in [0.717, 1.165) is 23.9 Å². The van der Waals surface area contributed by atoms with E-state index < -0.39 is 5.91 Å². The molecular formula is C17H16N4O. The summed E-state index contributed by atoms with van der Waals surface area (Å²) in [5.74, 6) is -0.00675. The molecule has 0 radical (unpaired) electrons. The van der Waals surface area contributed by atoms with Gasteiger partial charge in [0.1, 0.15) is 5.69 Å². The van der Waals surface area contributed by atoms with Crippen LogP contribution < -0.4 is 5.73 Å². The number of H-pyrrole nitrogens is 1. The van der Waals surface area contributed by atoms with Crippen molar-refractivity contribution in [1.29, 1.82) is 0 Å². The van der Waals surface area contributed by atoms with Crippen LogP contribution >= 0.6 is 0 Å². The van der Waals surface area contributed by atoms with Gasteiger partial charge >= 0.3 is 0 Å². The third kappa shape index (κ3) is 2.06. The smallest absolute Gasteiger partial charge is 0.267 e. The van der Waals surface area contributed by atoms with Crippen LogP contribution in [0.3, 0.4) is 0 Å². The van der Waals surface area contributed by atoms with Gasteiger partial charge in [-0.15, -0.1) is 0 Å². The van der Waals surface area contributed by atoms with Gasteiger partial charge in [0.25, 0.3) is 5.91 Å². The molecule has 0 aliphatic heterocycles. The van der Waals surface area contributed by atoms with Crippen LogP contribution in [-0.2, 0) is 12.8 Å².